The average Bonchev–Trinajstić information content (AvgIpc) is 3.13. The fraction of sp³-hybridized carbons (Fsp3) is 0.0952. The predicted molar refractivity (Wildman–Crippen MR) is 110 cm³/mol. The van der Waals surface area contributed by atoms with Crippen molar-refractivity contribution < 1.29 is 9.53 Å². The molecule has 2 aromatic heterocycles. The third kappa shape index (κ3) is 2.84. The third-order valence-corrected chi connectivity index (χ3v) is 5.23. The zero-order valence-corrected chi connectivity index (χ0v) is 16.5. The molecule has 7 heteroatoms. The number of nitrogens with zero attached hydrogens (tertiary/aromatic N) is 3. The van der Waals surface area contributed by atoms with Crippen LogP contribution in [0.3, 0.4) is 0 Å². The number of halogens is 1. The summed E-state index contributed by atoms with van der Waals surface area (Å²) >= 11 is 3.45. The zero-order chi connectivity index (χ0) is 19.3. The van der Waals surface area contributed by atoms with Gasteiger partial charge in [0, 0.05) is 27.9 Å². The second kappa shape index (κ2) is 6.45. The van der Waals surface area contributed by atoms with Crippen molar-refractivity contribution in [3.63, 3.8) is 0 Å². The van der Waals surface area contributed by atoms with Gasteiger partial charge < -0.3 is 10.1 Å². The van der Waals surface area contributed by atoms with Crippen molar-refractivity contribution in [3.8, 4) is 28.3 Å². The molecule has 1 atom stereocenters. The summed E-state index contributed by atoms with van der Waals surface area (Å²) in [6.07, 6.45) is 1.26. The van der Waals surface area contributed by atoms with Gasteiger partial charge in [-0.15, -0.1) is 0 Å². The number of anilines is 1. The van der Waals surface area contributed by atoms with E-state index in [4.69, 9.17) is 9.84 Å². The second-order valence-electron chi connectivity index (χ2n) is 6.60. The van der Waals surface area contributed by atoms with Crippen LogP contribution in [0.25, 0.3) is 28.2 Å². The molecular formula is C21H15BrN4O2. The minimum atomic E-state index is -0.495. The highest BCUT2D eigenvalue weighted by atomic mass is 79.9. The van der Waals surface area contributed by atoms with E-state index in [0.717, 1.165) is 32.6 Å². The van der Waals surface area contributed by atoms with E-state index >= 15 is 0 Å². The van der Waals surface area contributed by atoms with Gasteiger partial charge in [-0.3, -0.25) is 4.79 Å². The van der Waals surface area contributed by atoms with Crippen molar-refractivity contribution in [1.82, 2.24) is 14.6 Å². The van der Waals surface area contributed by atoms with E-state index in [9.17, 15) is 4.79 Å². The summed E-state index contributed by atoms with van der Waals surface area (Å²) in [5.41, 5.74) is 5.06. The van der Waals surface area contributed by atoms with E-state index in [-0.39, 0.29) is 5.91 Å². The Kier molecular flexibility index (Phi) is 3.91. The van der Waals surface area contributed by atoms with Crippen molar-refractivity contribution in [3.05, 3.63) is 65.3 Å². The molecule has 28 heavy (non-hydrogen) atoms. The van der Waals surface area contributed by atoms with Gasteiger partial charge in [0.25, 0.3) is 5.91 Å². The summed E-state index contributed by atoms with van der Waals surface area (Å²) in [6.45, 7) is 1.73. The molecule has 2 aromatic carbocycles. The highest BCUT2D eigenvalue weighted by molar-refractivity contribution is 9.10. The first-order valence-electron chi connectivity index (χ1n) is 8.81. The van der Waals surface area contributed by atoms with E-state index in [1.165, 1.54) is 0 Å². The fourth-order valence-corrected chi connectivity index (χ4v) is 3.51. The maximum Gasteiger partial charge on any atom is 0.265 e. The Labute approximate surface area is 169 Å². The molecule has 0 saturated heterocycles. The standard InChI is InChI=1S/C21H15BrN4O2/c1-12-21(27)24-17-10-14(4-7-19(17)28-12)18-8-9-23-20-11-16(25-26(18)20)13-2-5-15(22)6-3-13/h2-12H,1H3,(H,24,27). The lowest BCUT2D eigenvalue weighted by Gasteiger charge is -2.23. The first kappa shape index (κ1) is 16.9. The van der Waals surface area contributed by atoms with Crippen LogP contribution in [-0.4, -0.2) is 26.6 Å². The molecule has 1 aliphatic heterocycles. The van der Waals surface area contributed by atoms with Crippen molar-refractivity contribution in [1.29, 1.82) is 0 Å². The Bertz CT molecular complexity index is 1220. The molecular weight excluding hydrogens is 420 g/mol. The lowest BCUT2D eigenvalue weighted by molar-refractivity contribution is -0.122. The van der Waals surface area contributed by atoms with Crippen LogP contribution in [0.2, 0.25) is 0 Å². The molecule has 1 aliphatic rings. The number of carbonyl (C=O) groups excluding carboxylic acids is 1. The molecule has 4 aromatic rings. The Morgan fingerprint density at radius 2 is 1.86 bits per heavy atom. The topological polar surface area (TPSA) is 68.5 Å². The number of rotatable bonds is 2. The van der Waals surface area contributed by atoms with Crippen molar-refractivity contribution in [2.75, 3.05) is 5.32 Å². The van der Waals surface area contributed by atoms with Gasteiger partial charge in [0.1, 0.15) is 5.75 Å². The van der Waals surface area contributed by atoms with Crippen LogP contribution in [0.15, 0.2) is 65.3 Å². The Morgan fingerprint density at radius 1 is 1.07 bits per heavy atom. The van der Waals surface area contributed by atoms with Crippen LogP contribution in [0.5, 0.6) is 5.75 Å². The monoisotopic (exact) mass is 434 g/mol. The van der Waals surface area contributed by atoms with Gasteiger partial charge in [0.05, 0.1) is 17.1 Å². The van der Waals surface area contributed by atoms with Crippen LogP contribution in [0.1, 0.15) is 6.92 Å². The number of aromatic nitrogens is 3. The molecule has 5 rings (SSSR count). The van der Waals surface area contributed by atoms with Gasteiger partial charge in [0.2, 0.25) is 0 Å². The van der Waals surface area contributed by atoms with Gasteiger partial charge in [-0.2, -0.15) is 5.10 Å². The molecule has 0 bridgehead atoms. The summed E-state index contributed by atoms with van der Waals surface area (Å²) in [4.78, 5) is 16.4. The highest BCUT2D eigenvalue weighted by Crippen LogP contribution is 2.34. The van der Waals surface area contributed by atoms with Crippen molar-refractivity contribution >= 4 is 33.2 Å². The van der Waals surface area contributed by atoms with Gasteiger partial charge in [-0.1, -0.05) is 28.1 Å². The lowest BCUT2D eigenvalue weighted by atomic mass is 10.1. The summed E-state index contributed by atoms with van der Waals surface area (Å²) in [5.74, 6) is 0.512. The van der Waals surface area contributed by atoms with Crippen LogP contribution < -0.4 is 10.1 Å². The molecule has 1 N–H and O–H groups in total. The summed E-state index contributed by atoms with van der Waals surface area (Å²) < 4.78 is 8.48. The predicted octanol–water partition coefficient (Wildman–Crippen LogP) is 4.55. The van der Waals surface area contributed by atoms with Gasteiger partial charge in [-0.25, -0.2) is 9.50 Å². The molecule has 0 spiro atoms. The molecule has 6 nitrogen and oxygen atoms in total. The summed E-state index contributed by atoms with van der Waals surface area (Å²) in [7, 11) is 0. The average molecular weight is 435 g/mol. The number of amides is 1. The summed E-state index contributed by atoms with van der Waals surface area (Å²) in [6, 6.07) is 17.6. The maximum atomic E-state index is 11.9. The minimum absolute atomic E-state index is 0.152. The normalized spacial score (nSPS) is 15.8. The number of hydrogen-bond acceptors (Lipinski definition) is 4. The molecule has 138 valence electrons. The summed E-state index contributed by atoms with van der Waals surface area (Å²) in [5, 5.41) is 7.64. The van der Waals surface area contributed by atoms with E-state index < -0.39 is 6.10 Å². The van der Waals surface area contributed by atoms with Crippen molar-refractivity contribution in [2.24, 2.45) is 0 Å². The Balaban J connectivity index is 1.61. The minimum Gasteiger partial charge on any atom is -0.479 e. The highest BCUT2D eigenvalue weighted by Gasteiger charge is 2.24. The molecule has 3 heterocycles. The van der Waals surface area contributed by atoms with E-state index in [0.29, 0.717) is 11.4 Å². The van der Waals surface area contributed by atoms with Crippen molar-refractivity contribution in [2.45, 2.75) is 13.0 Å². The number of hydrogen-bond donors (Lipinski definition) is 1. The van der Waals surface area contributed by atoms with E-state index in [2.05, 4.69) is 26.2 Å². The first-order valence-corrected chi connectivity index (χ1v) is 9.60. The molecule has 0 fully saturated rings. The maximum absolute atomic E-state index is 11.9. The van der Waals surface area contributed by atoms with Crippen LogP contribution in [0, 0.1) is 0 Å². The first-order chi connectivity index (χ1) is 13.6. The lowest BCUT2D eigenvalue weighted by Crippen LogP contribution is -2.34. The van der Waals surface area contributed by atoms with E-state index in [1.807, 2.05) is 59.1 Å². The largest absolute Gasteiger partial charge is 0.479 e. The zero-order valence-electron chi connectivity index (χ0n) is 14.9. The van der Waals surface area contributed by atoms with Crippen LogP contribution in [0.4, 0.5) is 5.69 Å². The molecule has 1 unspecified atom stereocenters. The number of fused-ring (bicyclic) bond motifs is 2. The molecule has 1 amide bonds. The molecule has 0 radical (unpaired) electrons. The smallest absolute Gasteiger partial charge is 0.265 e. The Morgan fingerprint density at radius 3 is 2.68 bits per heavy atom. The quantitative estimate of drug-likeness (QED) is 0.502. The SMILES string of the molecule is CC1Oc2ccc(-c3ccnc4cc(-c5ccc(Br)cc5)nn34)cc2NC1=O. The van der Waals surface area contributed by atoms with E-state index in [1.54, 1.807) is 13.1 Å². The molecule has 0 saturated carbocycles. The number of carbonyl (C=O) groups is 1. The van der Waals surface area contributed by atoms with Crippen LogP contribution >= 0.6 is 15.9 Å². The number of benzene rings is 2. The van der Waals surface area contributed by atoms with Gasteiger partial charge in [-0.05, 0) is 43.3 Å². The van der Waals surface area contributed by atoms with Gasteiger partial charge >= 0.3 is 0 Å². The second-order valence-corrected chi connectivity index (χ2v) is 7.51. The fourth-order valence-electron chi connectivity index (χ4n) is 3.24. The van der Waals surface area contributed by atoms with Gasteiger partial charge in [0.15, 0.2) is 11.8 Å². The number of ether oxygens (including phenoxy) is 1. The number of nitrogens with one attached hydrogen (secondary N) is 1. The molecule has 0 aliphatic carbocycles. The third-order valence-electron chi connectivity index (χ3n) is 4.70. The van der Waals surface area contributed by atoms with Crippen LogP contribution in [-0.2, 0) is 4.79 Å². The Hall–Kier alpha value is -3.19.